The molecule has 9 heteroatoms. The Labute approximate surface area is 149 Å². The lowest BCUT2D eigenvalue weighted by Crippen LogP contribution is -2.32. The van der Waals surface area contributed by atoms with Crippen molar-refractivity contribution in [3.63, 3.8) is 0 Å². The minimum atomic E-state index is -0.438. The number of aromatic nitrogens is 3. The first-order chi connectivity index (χ1) is 12.1. The summed E-state index contributed by atoms with van der Waals surface area (Å²) in [5, 5.41) is 3.31. The second-order valence-corrected chi connectivity index (χ2v) is 7.03. The average Bonchev–Trinajstić information content (AvgIpc) is 2.87. The zero-order valence-corrected chi connectivity index (χ0v) is 14.8. The maximum absolute atomic E-state index is 12.9. The van der Waals surface area contributed by atoms with Gasteiger partial charge in [0.2, 0.25) is 5.91 Å². The van der Waals surface area contributed by atoms with E-state index in [1.165, 1.54) is 30.7 Å². The number of hydrogen-bond donors (Lipinski definition) is 1. The summed E-state index contributed by atoms with van der Waals surface area (Å²) in [4.78, 5) is 26.7. The molecule has 1 atom stereocenters. The fourth-order valence-corrected chi connectivity index (χ4v) is 3.60. The lowest BCUT2D eigenvalue weighted by atomic mass is 10.2. The monoisotopic (exact) mass is 365 g/mol. The Morgan fingerprint density at radius 1 is 1.40 bits per heavy atom. The van der Waals surface area contributed by atoms with E-state index in [2.05, 4.69) is 25.2 Å². The van der Waals surface area contributed by atoms with Gasteiger partial charge in [0.05, 0.1) is 18.5 Å². The predicted molar refractivity (Wildman–Crippen MR) is 91.7 cm³/mol. The second kappa shape index (κ2) is 8.41. The van der Waals surface area contributed by atoms with Crippen LogP contribution in [0.1, 0.15) is 24.0 Å². The van der Waals surface area contributed by atoms with Crippen LogP contribution in [0.2, 0.25) is 0 Å². The van der Waals surface area contributed by atoms with E-state index in [0.29, 0.717) is 24.0 Å². The third-order valence-corrected chi connectivity index (χ3v) is 4.63. The van der Waals surface area contributed by atoms with Gasteiger partial charge in [-0.2, -0.15) is 0 Å². The summed E-state index contributed by atoms with van der Waals surface area (Å²) in [6.07, 6.45) is 5.61. The van der Waals surface area contributed by atoms with Gasteiger partial charge in [-0.1, -0.05) is 0 Å². The smallest absolute Gasteiger partial charge is 0.223 e. The van der Waals surface area contributed by atoms with Crippen LogP contribution in [-0.2, 0) is 22.5 Å². The minimum Gasteiger partial charge on any atom is -0.376 e. The lowest BCUT2D eigenvalue weighted by molar-refractivity contribution is -0.114. The van der Waals surface area contributed by atoms with Crippen LogP contribution in [0.3, 0.4) is 0 Å². The van der Waals surface area contributed by atoms with Crippen molar-refractivity contribution in [1.82, 2.24) is 19.9 Å². The highest BCUT2D eigenvalue weighted by molar-refractivity contribution is 7.15. The van der Waals surface area contributed by atoms with E-state index in [4.69, 9.17) is 4.74 Å². The van der Waals surface area contributed by atoms with Gasteiger partial charge in [-0.3, -0.25) is 9.69 Å². The average molecular weight is 365 g/mol. The Bertz CT molecular complexity index is 709. The fraction of sp³-hybridized carbons (Fsp3) is 0.500. The molecule has 0 bridgehead atoms. The molecule has 0 aromatic carbocycles. The molecule has 1 amide bonds. The maximum atomic E-state index is 12.9. The number of ether oxygens (including phenoxy) is 1. The van der Waals surface area contributed by atoms with Crippen molar-refractivity contribution in [2.24, 2.45) is 0 Å². The number of rotatable bonds is 5. The molecule has 1 aliphatic heterocycles. The van der Waals surface area contributed by atoms with Crippen LogP contribution >= 0.6 is 11.3 Å². The minimum absolute atomic E-state index is 0.0318. The topological polar surface area (TPSA) is 80.2 Å². The lowest BCUT2D eigenvalue weighted by Gasteiger charge is -2.22. The standard InChI is InChI=1S/C16H20FN5O2S/c1-11(23)21-16-20-8-14(25-16)10-22-3-2-4-24-13(9-22)5-15-18-6-12(17)7-19-15/h6-8,13H,2-5,9-10H2,1H3,(H,20,21,23)/t13-/m0/s1. The summed E-state index contributed by atoms with van der Waals surface area (Å²) in [6.45, 7) is 4.57. The van der Waals surface area contributed by atoms with E-state index in [9.17, 15) is 9.18 Å². The van der Waals surface area contributed by atoms with Crippen LogP contribution in [0.5, 0.6) is 0 Å². The first-order valence-corrected chi connectivity index (χ1v) is 8.93. The van der Waals surface area contributed by atoms with Crippen molar-refractivity contribution < 1.29 is 13.9 Å². The van der Waals surface area contributed by atoms with Gasteiger partial charge in [0, 0.05) is 50.7 Å². The molecule has 0 saturated carbocycles. The van der Waals surface area contributed by atoms with Crippen LogP contribution in [0.4, 0.5) is 9.52 Å². The molecule has 0 aliphatic carbocycles. The third kappa shape index (κ3) is 5.52. The summed E-state index contributed by atoms with van der Waals surface area (Å²) >= 11 is 1.48. The first kappa shape index (κ1) is 17.8. The molecule has 0 radical (unpaired) electrons. The number of anilines is 1. The Balaban J connectivity index is 1.58. The second-order valence-electron chi connectivity index (χ2n) is 5.92. The van der Waals surface area contributed by atoms with E-state index in [1.807, 2.05) is 0 Å². The summed E-state index contributed by atoms with van der Waals surface area (Å²) in [5.74, 6) is 0.0229. The number of thiazole rings is 1. The van der Waals surface area contributed by atoms with Crippen LogP contribution < -0.4 is 5.32 Å². The van der Waals surface area contributed by atoms with E-state index in [-0.39, 0.29) is 12.0 Å². The van der Waals surface area contributed by atoms with E-state index in [1.54, 1.807) is 6.20 Å². The number of carbonyl (C=O) groups excluding carboxylic acids is 1. The zero-order chi connectivity index (χ0) is 17.6. The van der Waals surface area contributed by atoms with Gasteiger partial charge in [-0.25, -0.2) is 19.3 Å². The highest BCUT2D eigenvalue weighted by Crippen LogP contribution is 2.21. The summed E-state index contributed by atoms with van der Waals surface area (Å²) in [6, 6.07) is 0. The number of carbonyl (C=O) groups is 1. The summed E-state index contributed by atoms with van der Waals surface area (Å²) in [7, 11) is 0. The van der Waals surface area contributed by atoms with Crippen LogP contribution in [0.15, 0.2) is 18.6 Å². The van der Waals surface area contributed by atoms with Crippen molar-refractivity contribution in [3.05, 3.63) is 35.1 Å². The molecule has 1 aliphatic rings. The number of halogens is 1. The van der Waals surface area contributed by atoms with Gasteiger partial charge >= 0.3 is 0 Å². The van der Waals surface area contributed by atoms with Crippen molar-refractivity contribution in [2.45, 2.75) is 32.4 Å². The summed E-state index contributed by atoms with van der Waals surface area (Å²) < 4.78 is 18.8. The maximum Gasteiger partial charge on any atom is 0.223 e. The van der Waals surface area contributed by atoms with Crippen molar-refractivity contribution in [2.75, 3.05) is 25.0 Å². The van der Waals surface area contributed by atoms with E-state index >= 15 is 0 Å². The van der Waals surface area contributed by atoms with E-state index < -0.39 is 5.82 Å². The third-order valence-electron chi connectivity index (χ3n) is 3.73. The SMILES string of the molecule is CC(=O)Nc1ncc(CN2CCCO[C@@H](Cc3ncc(F)cn3)C2)s1. The molecule has 2 aromatic heterocycles. The van der Waals surface area contributed by atoms with Crippen molar-refractivity contribution in [3.8, 4) is 0 Å². The molecule has 7 nitrogen and oxygen atoms in total. The normalized spacial score (nSPS) is 18.7. The molecule has 1 fully saturated rings. The number of amides is 1. The van der Waals surface area contributed by atoms with Gasteiger partial charge in [-0.15, -0.1) is 11.3 Å². The Morgan fingerprint density at radius 2 is 2.20 bits per heavy atom. The Kier molecular flexibility index (Phi) is 6.00. The van der Waals surface area contributed by atoms with Gasteiger partial charge in [0.25, 0.3) is 0 Å². The molecule has 3 heterocycles. The zero-order valence-electron chi connectivity index (χ0n) is 13.9. The molecule has 25 heavy (non-hydrogen) atoms. The number of nitrogens with one attached hydrogen (secondary N) is 1. The van der Waals surface area contributed by atoms with Crippen LogP contribution in [0, 0.1) is 5.82 Å². The Hall–Kier alpha value is -1.97. The highest BCUT2D eigenvalue weighted by Gasteiger charge is 2.21. The largest absolute Gasteiger partial charge is 0.376 e. The predicted octanol–water partition coefficient (Wildman–Crippen LogP) is 1.86. The molecule has 0 unspecified atom stereocenters. The van der Waals surface area contributed by atoms with Crippen molar-refractivity contribution in [1.29, 1.82) is 0 Å². The summed E-state index contributed by atoms with van der Waals surface area (Å²) in [5.41, 5.74) is 0. The molecular formula is C16H20FN5O2S. The molecule has 0 spiro atoms. The van der Waals surface area contributed by atoms with Crippen LogP contribution in [-0.4, -0.2) is 51.6 Å². The van der Waals surface area contributed by atoms with Gasteiger partial charge in [-0.05, 0) is 6.42 Å². The van der Waals surface area contributed by atoms with Gasteiger partial charge in [0.1, 0.15) is 5.82 Å². The molecule has 3 rings (SSSR count). The number of nitrogens with zero attached hydrogens (tertiary/aromatic N) is 4. The highest BCUT2D eigenvalue weighted by atomic mass is 32.1. The molecule has 2 aromatic rings. The van der Waals surface area contributed by atoms with E-state index in [0.717, 1.165) is 30.9 Å². The number of hydrogen-bond acceptors (Lipinski definition) is 7. The quantitative estimate of drug-likeness (QED) is 0.871. The van der Waals surface area contributed by atoms with Gasteiger partial charge < -0.3 is 10.1 Å². The van der Waals surface area contributed by atoms with Crippen LogP contribution in [0.25, 0.3) is 0 Å². The molecule has 134 valence electrons. The Morgan fingerprint density at radius 3 is 2.96 bits per heavy atom. The fourth-order valence-electron chi connectivity index (χ4n) is 2.69. The van der Waals surface area contributed by atoms with Gasteiger partial charge in [0.15, 0.2) is 10.9 Å². The van der Waals surface area contributed by atoms with Crippen molar-refractivity contribution >= 4 is 22.4 Å². The molecule has 1 N–H and O–H groups in total. The first-order valence-electron chi connectivity index (χ1n) is 8.11. The molecular weight excluding hydrogens is 345 g/mol. The molecule has 1 saturated heterocycles.